The zero-order chi connectivity index (χ0) is 20.7. The van der Waals surface area contributed by atoms with Crippen LogP contribution in [-0.2, 0) is 17.6 Å². The number of ether oxygens (including phenoxy) is 1. The highest BCUT2D eigenvalue weighted by Crippen LogP contribution is 2.35. The molecule has 5 nitrogen and oxygen atoms in total. The van der Waals surface area contributed by atoms with Crippen molar-refractivity contribution in [3.8, 4) is 0 Å². The molecule has 3 heterocycles. The smallest absolute Gasteiger partial charge is 0.200 e. The van der Waals surface area contributed by atoms with Crippen LogP contribution in [0.1, 0.15) is 18.3 Å². The summed E-state index contributed by atoms with van der Waals surface area (Å²) in [6.45, 7) is 3.97. The maximum atomic E-state index is 14.5. The first kappa shape index (κ1) is 20.2. The number of aromatic nitrogens is 2. The Labute approximate surface area is 176 Å². The normalized spacial score (nSPS) is 18.8. The van der Waals surface area contributed by atoms with E-state index in [1.807, 2.05) is 11.8 Å². The number of fused-ring (bicyclic) bond motifs is 1. The van der Waals surface area contributed by atoms with E-state index in [4.69, 9.17) is 29.2 Å². The molecule has 1 unspecified atom stereocenters. The van der Waals surface area contributed by atoms with Crippen LogP contribution in [-0.4, -0.2) is 47.3 Å². The molecule has 2 aliphatic heterocycles. The molecule has 2 aliphatic rings. The molecule has 0 bridgehead atoms. The number of anilines is 2. The number of halogens is 3. The van der Waals surface area contributed by atoms with Gasteiger partial charge in [0.2, 0.25) is 0 Å². The second-order valence-corrected chi connectivity index (χ2v) is 7.96. The van der Waals surface area contributed by atoms with Crippen LogP contribution in [0, 0.1) is 22.1 Å². The van der Waals surface area contributed by atoms with Gasteiger partial charge in [-0.1, -0.05) is 24.4 Å². The van der Waals surface area contributed by atoms with Crippen molar-refractivity contribution >= 4 is 40.9 Å². The van der Waals surface area contributed by atoms with Crippen molar-refractivity contribution in [1.29, 1.82) is 0 Å². The van der Waals surface area contributed by atoms with E-state index in [1.54, 1.807) is 4.90 Å². The Hall–Kier alpha value is -2.04. The van der Waals surface area contributed by atoms with Gasteiger partial charge in [-0.2, -0.15) is 4.39 Å². The van der Waals surface area contributed by atoms with Crippen LogP contribution in [0.3, 0.4) is 0 Å². The van der Waals surface area contributed by atoms with E-state index in [0.717, 1.165) is 6.07 Å². The van der Waals surface area contributed by atoms with Crippen LogP contribution in [0.2, 0.25) is 0 Å². The van der Waals surface area contributed by atoms with Gasteiger partial charge in [-0.25, -0.2) is 13.8 Å². The number of nitrogens with zero attached hydrogens (tertiary/aromatic N) is 3. The zero-order valence-electron chi connectivity index (χ0n) is 15.7. The number of morpholine rings is 1. The predicted molar refractivity (Wildman–Crippen MR) is 111 cm³/mol. The molecule has 1 N–H and O–H groups in total. The van der Waals surface area contributed by atoms with Gasteiger partial charge in [0.05, 0.1) is 24.6 Å². The number of nitrogens with one attached hydrogen (secondary N) is 1. The second-order valence-electron chi connectivity index (χ2n) is 7.10. The van der Waals surface area contributed by atoms with Gasteiger partial charge in [-0.15, -0.1) is 0 Å². The topological polar surface area (TPSA) is 44.4 Å². The fourth-order valence-corrected chi connectivity index (χ4v) is 4.44. The molecular weight excluding hydrogens is 421 g/mol. The van der Waals surface area contributed by atoms with Gasteiger partial charge in [0.25, 0.3) is 0 Å². The predicted octanol–water partition coefficient (Wildman–Crippen LogP) is 3.71. The molecular formula is C19H19F3N4OS2. The van der Waals surface area contributed by atoms with Crippen molar-refractivity contribution in [2.75, 3.05) is 36.1 Å². The van der Waals surface area contributed by atoms with Crippen LogP contribution >= 0.6 is 24.4 Å². The number of hydrogen-bond acceptors (Lipinski definition) is 5. The Bertz CT molecular complexity index is 1020. The largest absolute Gasteiger partial charge is 0.378 e. The monoisotopic (exact) mass is 440 g/mol. The Kier molecular flexibility index (Phi) is 5.58. The molecule has 0 radical (unpaired) electrons. The standard InChI is InChI=1S/C19H19F3N4OS2/c1-10-8-11-13(3-2-12(20)16(11)21)26(10)15(28)9-14-23-18(17(22)19(29)24-14)25-4-6-27-7-5-25/h2-3,10H,4-9H2,1H3,(H,23,24,29). The third kappa shape index (κ3) is 3.76. The van der Waals surface area contributed by atoms with Crippen molar-refractivity contribution in [2.45, 2.75) is 25.8 Å². The van der Waals surface area contributed by atoms with E-state index in [0.29, 0.717) is 54.8 Å². The molecule has 10 heteroatoms. The Morgan fingerprint density at radius 2 is 1.97 bits per heavy atom. The number of rotatable bonds is 3. The van der Waals surface area contributed by atoms with Crippen molar-refractivity contribution in [3.63, 3.8) is 0 Å². The number of thiocarbonyl (C=S) groups is 1. The summed E-state index contributed by atoms with van der Waals surface area (Å²) in [6, 6.07) is 2.50. The van der Waals surface area contributed by atoms with Crippen LogP contribution in [0.4, 0.5) is 24.7 Å². The summed E-state index contributed by atoms with van der Waals surface area (Å²) in [5.74, 6) is -1.59. The Morgan fingerprint density at radius 3 is 2.69 bits per heavy atom. The summed E-state index contributed by atoms with van der Waals surface area (Å²) >= 11 is 10.7. The van der Waals surface area contributed by atoms with E-state index in [1.165, 1.54) is 6.07 Å². The van der Waals surface area contributed by atoms with Crippen molar-refractivity contribution in [1.82, 2.24) is 9.97 Å². The lowest BCUT2D eigenvalue weighted by Crippen LogP contribution is -2.38. The molecule has 29 heavy (non-hydrogen) atoms. The van der Waals surface area contributed by atoms with Gasteiger partial charge in [-0.3, -0.25) is 0 Å². The summed E-state index contributed by atoms with van der Waals surface area (Å²) in [4.78, 5) is 11.2. The average Bonchev–Trinajstić information content (AvgIpc) is 3.05. The average molecular weight is 441 g/mol. The number of hydrogen-bond donors (Lipinski definition) is 1. The highest BCUT2D eigenvalue weighted by atomic mass is 32.1. The lowest BCUT2D eigenvalue weighted by Gasteiger charge is -2.29. The fraction of sp³-hybridized carbons (Fsp3) is 0.421. The number of H-pyrrole nitrogens is 1. The molecule has 1 fully saturated rings. The van der Waals surface area contributed by atoms with Crippen molar-refractivity contribution < 1.29 is 17.9 Å². The highest BCUT2D eigenvalue weighted by molar-refractivity contribution is 7.80. The molecule has 1 aromatic heterocycles. The lowest BCUT2D eigenvalue weighted by atomic mass is 10.1. The van der Waals surface area contributed by atoms with Crippen LogP contribution < -0.4 is 9.80 Å². The Balaban J connectivity index is 1.62. The Morgan fingerprint density at radius 1 is 1.24 bits per heavy atom. The minimum Gasteiger partial charge on any atom is -0.378 e. The summed E-state index contributed by atoms with van der Waals surface area (Å²) in [6.07, 6.45) is 0.546. The molecule has 1 aromatic carbocycles. The minimum atomic E-state index is -0.872. The number of benzene rings is 1. The molecule has 0 spiro atoms. The van der Waals surface area contributed by atoms with Crippen molar-refractivity contribution in [3.05, 3.63) is 45.6 Å². The van der Waals surface area contributed by atoms with Gasteiger partial charge >= 0.3 is 0 Å². The lowest BCUT2D eigenvalue weighted by molar-refractivity contribution is 0.122. The molecule has 0 aliphatic carbocycles. The molecule has 4 rings (SSSR count). The summed E-state index contributed by atoms with van der Waals surface area (Å²) < 4.78 is 47.5. The second kappa shape index (κ2) is 8.00. The third-order valence-corrected chi connectivity index (χ3v) is 5.79. The summed E-state index contributed by atoms with van der Waals surface area (Å²) in [5.41, 5.74) is 0.865. The summed E-state index contributed by atoms with van der Waals surface area (Å²) in [7, 11) is 0. The van der Waals surface area contributed by atoms with Gasteiger partial charge in [0.15, 0.2) is 22.1 Å². The summed E-state index contributed by atoms with van der Waals surface area (Å²) in [5, 5.41) is 0. The minimum absolute atomic E-state index is 0.129. The van der Waals surface area contributed by atoms with Gasteiger partial charge in [0.1, 0.15) is 11.6 Å². The highest BCUT2D eigenvalue weighted by Gasteiger charge is 2.32. The van der Waals surface area contributed by atoms with E-state index in [2.05, 4.69) is 9.97 Å². The fourth-order valence-electron chi connectivity index (χ4n) is 3.82. The van der Waals surface area contributed by atoms with E-state index >= 15 is 0 Å². The maximum absolute atomic E-state index is 14.5. The quantitative estimate of drug-likeness (QED) is 0.735. The zero-order valence-corrected chi connectivity index (χ0v) is 17.3. The first-order valence-corrected chi connectivity index (χ1v) is 10.1. The first-order chi connectivity index (χ1) is 13.9. The third-order valence-electron chi connectivity index (χ3n) is 5.18. The molecule has 154 valence electrons. The maximum Gasteiger partial charge on any atom is 0.200 e. The van der Waals surface area contributed by atoms with E-state index in [9.17, 15) is 13.2 Å². The molecule has 1 saturated heterocycles. The van der Waals surface area contributed by atoms with Gasteiger partial charge in [-0.05, 0) is 25.5 Å². The van der Waals surface area contributed by atoms with Gasteiger partial charge in [0, 0.05) is 30.4 Å². The molecule has 1 atom stereocenters. The SMILES string of the molecule is CC1Cc2c(ccc(F)c2F)N1C(=S)Cc1nc(=S)c(F)c(N2CCOCC2)[nH]1. The first-order valence-electron chi connectivity index (χ1n) is 9.27. The van der Waals surface area contributed by atoms with E-state index in [-0.39, 0.29) is 22.9 Å². The van der Waals surface area contributed by atoms with Crippen LogP contribution in [0.5, 0.6) is 0 Å². The molecule has 0 saturated carbocycles. The van der Waals surface area contributed by atoms with Crippen LogP contribution in [0.25, 0.3) is 0 Å². The van der Waals surface area contributed by atoms with Crippen molar-refractivity contribution in [2.24, 2.45) is 0 Å². The molecule has 0 amide bonds. The molecule has 2 aromatic rings. The van der Waals surface area contributed by atoms with Gasteiger partial charge < -0.3 is 19.5 Å². The van der Waals surface area contributed by atoms with E-state index < -0.39 is 17.5 Å². The van der Waals surface area contributed by atoms with Crippen LogP contribution in [0.15, 0.2) is 12.1 Å². The number of aromatic amines is 1.